The number of para-hydroxylation sites is 1. The van der Waals surface area contributed by atoms with Crippen LogP contribution in [0.3, 0.4) is 0 Å². The minimum absolute atomic E-state index is 0.255. The smallest absolute Gasteiger partial charge is 0.270 e. The molecule has 3 aromatic rings. The Morgan fingerprint density at radius 2 is 1.80 bits per heavy atom. The van der Waals surface area contributed by atoms with Crippen molar-refractivity contribution in [2.75, 3.05) is 12.4 Å². The zero-order chi connectivity index (χ0) is 17.5. The molecule has 0 atom stereocenters. The van der Waals surface area contributed by atoms with Gasteiger partial charge in [0.1, 0.15) is 23.6 Å². The van der Waals surface area contributed by atoms with Gasteiger partial charge in [-0.15, -0.1) is 0 Å². The van der Waals surface area contributed by atoms with Crippen LogP contribution < -0.4 is 15.4 Å². The molecule has 0 fully saturated rings. The largest absolute Gasteiger partial charge is 0.497 e. The maximum Gasteiger partial charge on any atom is 0.270 e. The summed E-state index contributed by atoms with van der Waals surface area (Å²) >= 11 is 0. The Labute approximate surface area is 145 Å². The molecule has 0 saturated carbocycles. The number of hydrogen-bond acceptors (Lipinski definition) is 5. The molecule has 0 unspecified atom stereocenters. The van der Waals surface area contributed by atoms with Crippen LogP contribution in [0.2, 0.25) is 0 Å². The number of nitrogens with zero attached hydrogens (tertiary/aromatic N) is 2. The second-order valence-corrected chi connectivity index (χ2v) is 5.31. The molecule has 3 rings (SSSR count). The number of benzene rings is 2. The van der Waals surface area contributed by atoms with Gasteiger partial charge >= 0.3 is 0 Å². The van der Waals surface area contributed by atoms with Crippen LogP contribution in [-0.4, -0.2) is 23.0 Å². The standard InChI is InChI=1S/C19H18N4O2/c1-25-16-9-7-14(8-10-16)12-20-19(24)17-11-18(22-13-21-17)23-15-5-3-2-4-6-15/h2-11,13H,12H2,1H3,(H,20,24)(H,21,22,23). The topological polar surface area (TPSA) is 76.1 Å². The molecule has 0 spiro atoms. The van der Waals surface area contributed by atoms with Gasteiger partial charge < -0.3 is 15.4 Å². The van der Waals surface area contributed by atoms with Crippen molar-refractivity contribution in [2.45, 2.75) is 6.54 Å². The van der Waals surface area contributed by atoms with Crippen molar-refractivity contribution >= 4 is 17.4 Å². The van der Waals surface area contributed by atoms with Gasteiger partial charge in [-0.05, 0) is 29.8 Å². The van der Waals surface area contributed by atoms with E-state index in [1.807, 2.05) is 54.6 Å². The first-order chi connectivity index (χ1) is 12.2. The minimum Gasteiger partial charge on any atom is -0.497 e. The summed E-state index contributed by atoms with van der Waals surface area (Å²) in [5.41, 5.74) is 2.18. The van der Waals surface area contributed by atoms with Crippen molar-refractivity contribution in [3.8, 4) is 5.75 Å². The van der Waals surface area contributed by atoms with E-state index in [1.165, 1.54) is 6.33 Å². The van der Waals surface area contributed by atoms with Crippen LogP contribution in [0.25, 0.3) is 0 Å². The van der Waals surface area contributed by atoms with Crippen LogP contribution in [0, 0.1) is 0 Å². The number of anilines is 2. The zero-order valence-electron chi connectivity index (χ0n) is 13.8. The lowest BCUT2D eigenvalue weighted by atomic mass is 10.2. The van der Waals surface area contributed by atoms with Crippen LogP contribution in [0.4, 0.5) is 11.5 Å². The molecule has 0 bridgehead atoms. The van der Waals surface area contributed by atoms with Gasteiger partial charge in [0.15, 0.2) is 0 Å². The second-order valence-electron chi connectivity index (χ2n) is 5.31. The van der Waals surface area contributed by atoms with Crippen molar-refractivity contribution in [1.82, 2.24) is 15.3 Å². The maximum absolute atomic E-state index is 12.3. The fraction of sp³-hybridized carbons (Fsp3) is 0.105. The zero-order valence-corrected chi connectivity index (χ0v) is 13.8. The Bertz CT molecular complexity index is 836. The van der Waals surface area contributed by atoms with E-state index in [-0.39, 0.29) is 5.91 Å². The molecule has 25 heavy (non-hydrogen) atoms. The molecule has 1 amide bonds. The third kappa shape index (κ3) is 4.54. The summed E-state index contributed by atoms with van der Waals surface area (Å²) in [6.07, 6.45) is 1.37. The van der Waals surface area contributed by atoms with Gasteiger partial charge in [-0.1, -0.05) is 30.3 Å². The predicted octanol–water partition coefficient (Wildman–Crippen LogP) is 3.16. The van der Waals surface area contributed by atoms with Crippen molar-refractivity contribution < 1.29 is 9.53 Å². The maximum atomic E-state index is 12.3. The number of nitrogens with one attached hydrogen (secondary N) is 2. The number of amides is 1. The van der Waals surface area contributed by atoms with E-state index in [2.05, 4.69) is 20.6 Å². The van der Waals surface area contributed by atoms with Gasteiger partial charge in [0.2, 0.25) is 0 Å². The number of carbonyl (C=O) groups excluding carboxylic acids is 1. The number of carbonyl (C=O) groups is 1. The normalized spacial score (nSPS) is 10.1. The molecular formula is C19H18N4O2. The lowest BCUT2D eigenvalue weighted by molar-refractivity contribution is 0.0946. The summed E-state index contributed by atoms with van der Waals surface area (Å²) < 4.78 is 5.11. The third-order valence-corrected chi connectivity index (χ3v) is 3.56. The Balaban J connectivity index is 1.62. The number of methoxy groups -OCH3 is 1. The predicted molar refractivity (Wildman–Crippen MR) is 95.9 cm³/mol. The molecule has 0 radical (unpaired) electrons. The molecule has 6 nitrogen and oxygen atoms in total. The molecule has 126 valence electrons. The Morgan fingerprint density at radius 3 is 2.52 bits per heavy atom. The van der Waals surface area contributed by atoms with E-state index in [0.717, 1.165) is 17.0 Å². The van der Waals surface area contributed by atoms with Gasteiger partial charge in [-0.25, -0.2) is 9.97 Å². The van der Waals surface area contributed by atoms with Crippen molar-refractivity contribution in [3.05, 3.63) is 78.2 Å². The van der Waals surface area contributed by atoms with Crippen molar-refractivity contribution in [1.29, 1.82) is 0 Å². The summed E-state index contributed by atoms with van der Waals surface area (Å²) in [5.74, 6) is 1.09. The average Bonchev–Trinajstić information content (AvgIpc) is 2.67. The van der Waals surface area contributed by atoms with Gasteiger partial charge in [-0.2, -0.15) is 0 Å². The summed E-state index contributed by atoms with van der Waals surface area (Å²) in [6, 6.07) is 18.8. The molecule has 2 N–H and O–H groups in total. The molecule has 0 saturated heterocycles. The Kier molecular flexibility index (Phi) is 5.21. The molecule has 0 aliphatic rings. The molecule has 2 aromatic carbocycles. The van der Waals surface area contributed by atoms with Gasteiger partial charge in [0.05, 0.1) is 7.11 Å². The molecule has 0 aliphatic heterocycles. The van der Waals surface area contributed by atoms with E-state index in [4.69, 9.17) is 4.74 Å². The fourth-order valence-electron chi connectivity index (χ4n) is 2.24. The van der Waals surface area contributed by atoms with Crippen LogP contribution in [-0.2, 0) is 6.54 Å². The second kappa shape index (κ2) is 7.92. The van der Waals surface area contributed by atoms with E-state index in [9.17, 15) is 4.79 Å². The highest BCUT2D eigenvalue weighted by Crippen LogP contribution is 2.14. The van der Waals surface area contributed by atoms with E-state index >= 15 is 0 Å². The van der Waals surface area contributed by atoms with E-state index < -0.39 is 0 Å². The van der Waals surface area contributed by atoms with E-state index in [1.54, 1.807) is 13.2 Å². The Morgan fingerprint density at radius 1 is 1.04 bits per heavy atom. The van der Waals surface area contributed by atoms with Crippen LogP contribution in [0.5, 0.6) is 5.75 Å². The molecule has 6 heteroatoms. The lowest BCUT2D eigenvalue weighted by Crippen LogP contribution is -2.24. The third-order valence-electron chi connectivity index (χ3n) is 3.56. The summed E-state index contributed by atoms with van der Waals surface area (Å²) in [7, 11) is 1.62. The summed E-state index contributed by atoms with van der Waals surface area (Å²) in [6.45, 7) is 0.411. The van der Waals surface area contributed by atoms with Crippen LogP contribution >= 0.6 is 0 Å². The van der Waals surface area contributed by atoms with Crippen molar-refractivity contribution in [2.24, 2.45) is 0 Å². The van der Waals surface area contributed by atoms with Crippen LogP contribution in [0.15, 0.2) is 67.0 Å². The van der Waals surface area contributed by atoms with Gasteiger partial charge in [0.25, 0.3) is 5.91 Å². The average molecular weight is 334 g/mol. The monoisotopic (exact) mass is 334 g/mol. The Hall–Kier alpha value is -3.41. The highest BCUT2D eigenvalue weighted by atomic mass is 16.5. The minimum atomic E-state index is -0.255. The summed E-state index contributed by atoms with van der Waals surface area (Å²) in [5, 5.41) is 5.99. The van der Waals surface area contributed by atoms with Crippen molar-refractivity contribution in [3.63, 3.8) is 0 Å². The van der Waals surface area contributed by atoms with Gasteiger partial charge in [0, 0.05) is 18.3 Å². The fourth-order valence-corrected chi connectivity index (χ4v) is 2.24. The summed E-state index contributed by atoms with van der Waals surface area (Å²) in [4.78, 5) is 20.5. The molecule has 0 aliphatic carbocycles. The quantitative estimate of drug-likeness (QED) is 0.724. The molecule has 1 aromatic heterocycles. The van der Waals surface area contributed by atoms with Gasteiger partial charge in [-0.3, -0.25) is 4.79 Å². The number of rotatable bonds is 6. The number of aromatic nitrogens is 2. The van der Waals surface area contributed by atoms with E-state index in [0.29, 0.717) is 18.1 Å². The number of ether oxygens (including phenoxy) is 1. The first-order valence-corrected chi connectivity index (χ1v) is 7.80. The molecular weight excluding hydrogens is 316 g/mol. The highest BCUT2D eigenvalue weighted by molar-refractivity contribution is 5.92. The lowest BCUT2D eigenvalue weighted by Gasteiger charge is -2.08. The highest BCUT2D eigenvalue weighted by Gasteiger charge is 2.09. The first kappa shape index (κ1) is 16.4. The molecule has 1 heterocycles. The van der Waals surface area contributed by atoms with Crippen LogP contribution in [0.1, 0.15) is 16.1 Å². The first-order valence-electron chi connectivity index (χ1n) is 7.80. The SMILES string of the molecule is COc1ccc(CNC(=O)c2cc(Nc3ccccc3)ncn2)cc1. The number of hydrogen-bond donors (Lipinski definition) is 2.